The van der Waals surface area contributed by atoms with E-state index in [0.29, 0.717) is 5.56 Å². The third-order valence-electron chi connectivity index (χ3n) is 2.28. The van der Waals surface area contributed by atoms with Crippen molar-refractivity contribution in [2.75, 3.05) is 0 Å². The highest BCUT2D eigenvalue weighted by Crippen LogP contribution is 2.17. The molecule has 0 aliphatic heterocycles. The topological polar surface area (TPSA) is 55.1 Å². The molecule has 17 heavy (non-hydrogen) atoms. The number of carboxylic acids is 1. The fourth-order valence-corrected chi connectivity index (χ4v) is 1.46. The van der Waals surface area contributed by atoms with Gasteiger partial charge in [0.1, 0.15) is 5.69 Å². The van der Waals surface area contributed by atoms with E-state index in [1.54, 1.807) is 0 Å². The minimum atomic E-state index is -1.21. The van der Waals surface area contributed by atoms with E-state index in [9.17, 15) is 13.6 Å². The summed E-state index contributed by atoms with van der Waals surface area (Å²) >= 11 is 0. The van der Waals surface area contributed by atoms with Crippen molar-refractivity contribution >= 4 is 5.97 Å². The Morgan fingerprint density at radius 3 is 2.71 bits per heavy atom. The van der Waals surface area contributed by atoms with Crippen LogP contribution in [0.3, 0.4) is 0 Å². The van der Waals surface area contributed by atoms with Crippen molar-refractivity contribution in [2.45, 2.75) is 6.92 Å². The van der Waals surface area contributed by atoms with Crippen LogP contribution in [0.5, 0.6) is 0 Å². The van der Waals surface area contributed by atoms with Crippen LogP contribution in [-0.4, -0.2) is 20.9 Å². The van der Waals surface area contributed by atoms with E-state index in [1.165, 1.54) is 25.3 Å². The van der Waals surface area contributed by atoms with Crippen LogP contribution in [0.4, 0.5) is 8.78 Å². The van der Waals surface area contributed by atoms with Crippen LogP contribution < -0.4 is 0 Å². The minimum absolute atomic E-state index is 0.124. The molecule has 6 heteroatoms. The van der Waals surface area contributed by atoms with Gasteiger partial charge in [0, 0.05) is 11.8 Å². The maximum Gasteiger partial charge on any atom is 0.356 e. The summed E-state index contributed by atoms with van der Waals surface area (Å²) in [7, 11) is 0. The maximum atomic E-state index is 13.4. The van der Waals surface area contributed by atoms with Crippen molar-refractivity contribution in [3.8, 4) is 5.69 Å². The summed E-state index contributed by atoms with van der Waals surface area (Å²) < 4.78 is 27.5. The number of aromatic carboxylic acids is 1. The lowest BCUT2D eigenvalue weighted by Gasteiger charge is -2.02. The van der Waals surface area contributed by atoms with E-state index < -0.39 is 17.6 Å². The van der Waals surface area contributed by atoms with Gasteiger partial charge in [-0.25, -0.2) is 18.3 Å². The van der Waals surface area contributed by atoms with E-state index >= 15 is 0 Å². The van der Waals surface area contributed by atoms with Gasteiger partial charge in [-0.1, -0.05) is 6.07 Å². The Kier molecular flexibility index (Phi) is 2.63. The van der Waals surface area contributed by atoms with Gasteiger partial charge in [-0.05, 0) is 19.1 Å². The molecule has 0 bridgehead atoms. The first-order chi connectivity index (χ1) is 8.00. The van der Waals surface area contributed by atoms with Crippen LogP contribution in [0.15, 0.2) is 24.4 Å². The van der Waals surface area contributed by atoms with Crippen molar-refractivity contribution in [1.82, 2.24) is 9.78 Å². The van der Waals surface area contributed by atoms with Crippen molar-refractivity contribution in [3.05, 3.63) is 47.3 Å². The zero-order chi connectivity index (χ0) is 12.6. The molecule has 0 fully saturated rings. The molecule has 1 aromatic heterocycles. The number of halogens is 2. The summed E-state index contributed by atoms with van der Waals surface area (Å²) in [6.45, 7) is 1.53. The summed E-state index contributed by atoms with van der Waals surface area (Å²) in [5.74, 6) is -3.28. The lowest BCUT2D eigenvalue weighted by molar-refractivity contribution is 0.0689. The molecule has 88 valence electrons. The average Bonchev–Trinajstić information content (AvgIpc) is 2.64. The van der Waals surface area contributed by atoms with Gasteiger partial charge < -0.3 is 5.11 Å². The molecular formula is C11H8F2N2O2. The number of hydrogen-bond donors (Lipinski definition) is 1. The largest absolute Gasteiger partial charge is 0.476 e. The summed E-state index contributed by atoms with van der Waals surface area (Å²) in [5, 5.41) is 12.5. The van der Waals surface area contributed by atoms with E-state index in [4.69, 9.17) is 5.11 Å². The summed E-state index contributed by atoms with van der Waals surface area (Å²) in [5.41, 5.74) is 0.0652. The number of aryl methyl sites for hydroxylation is 1. The Hall–Kier alpha value is -2.24. The summed E-state index contributed by atoms with van der Waals surface area (Å²) in [6, 6.07) is 3.62. The second kappa shape index (κ2) is 3.97. The Morgan fingerprint density at radius 1 is 1.41 bits per heavy atom. The van der Waals surface area contributed by atoms with E-state index in [-0.39, 0.29) is 11.4 Å². The molecule has 0 atom stereocenters. The van der Waals surface area contributed by atoms with Gasteiger partial charge >= 0.3 is 5.97 Å². The number of carboxylic acid groups (broad SMARTS) is 1. The highest BCUT2D eigenvalue weighted by atomic mass is 19.2. The SMILES string of the molecule is Cc1cn(-c2cccc(F)c2F)nc1C(=O)O. The van der Waals surface area contributed by atoms with Gasteiger partial charge in [0.05, 0.1) is 0 Å². The zero-order valence-corrected chi connectivity index (χ0v) is 8.82. The number of rotatable bonds is 2. The van der Waals surface area contributed by atoms with Crippen LogP contribution in [0.2, 0.25) is 0 Å². The quantitative estimate of drug-likeness (QED) is 0.872. The second-order valence-electron chi connectivity index (χ2n) is 3.48. The Morgan fingerprint density at radius 2 is 2.12 bits per heavy atom. The third-order valence-corrected chi connectivity index (χ3v) is 2.28. The molecule has 0 amide bonds. The molecule has 0 aliphatic rings. The fourth-order valence-electron chi connectivity index (χ4n) is 1.46. The Bertz CT molecular complexity index is 593. The van der Waals surface area contributed by atoms with E-state index in [0.717, 1.165) is 10.7 Å². The lowest BCUT2D eigenvalue weighted by atomic mass is 10.3. The first-order valence-corrected chi connectivity index (χ1v) is 4.74. The van der Waals surface area contributed by atoms with Crippen LogP contribution in [-0.2, 0) is 0 Å². The van der Waals surface area contributed by atoms with Crippen LogP contribution in [0.25, 0.3) is 5.69 Å². The normalized spacial score (nSPS) is 10.5. The number of hydrogen-bond acceptors (Lipinski definition) is 2. The molecule has 0 radical (unpaired) electrons. The first-order valence-electron chi connectivity index (χ1n) is 4.74. The molecule has 0 saturated heterocycles. The van der Waals surface area contributed by atoms with Gasteiger partial charge in [-0.15, -0.1) is 0 Å². The highest BCUT2D eigenvalue weighted by Gasteiger charge is 2.16. The Balaban J connectivity index is 2.58. The van der Waals surface area contributed by atoms with Crippen molar-refractivity contribution in [2.24, 2.45) is 0 Å². The van der Waals surface area contributed by atoms with Crippen LogP contribution in [0.1, 0.15) is 16.1 Å². The summed E-state index contributed by atoms with van der Waals surface area (Å²) in [4.78, 5) is 10.8. The van der Waals surface area contributed by atoms with Crippen molar-refractivity contribution in [3.63, 3.8) is 0 Å². The van der Waals surface area contributed by atoms with E-state index in [1.807, 2.05) is 0 Å². The molecule has 0 unspecified atom stereocenters. The Labute approximate surface area is 95.1 Å². The first kappa shape index (κ1) is 11.3. The average molecular weight is 238 g/mol. The maximum absolute atomic E-state index is 13.4. The standard InChI is InChI=1S/C11H8F2N2O2/c1-6-5-15(14-10(6)11(16)17)8-4-2-3-7(12)9(8)13/h2-5H,1H3,(H,16,17). The molecule has 0 aliphatic carbocycles. The minimum Gasteiger partial charge on any atom is -0.476 e. The van der Waals surface area contributed by atoms with Crippen LogP contribution in [0, 0.1) is 18.6 Å². The molecule has 2 rings (SSSR count). The number of nitrogens with zero attached hydrogens (tertiary/aromatic N) is 2. The molecule has 2 aromatic rings. The van der Waals surface area contributed by atoms with E-state index in [2.05, 4.69) is 5.10 Å². The van der Waals surface area contributed by atoms with Gasteiger partial charge in [-0.3, -0.25) is 0 Å². The predicted octanol–water partition coefficient (Wildman–Crippen LogP) is 2.16. The number of benzene rings is 1. The lowest BCUT2D eigenvalue weighted by Crippen LogP contribution is -2.04. The molecule has 1 N–H and O–H groups in total. The summed E-state index contributed by atoms with van der Waals surface area (Å²) in [6.07, 6.45) is 1.33. The van der Waals surface area contributed by atoms with Crippen LogP contribution >= 0.6 is 0 Å². The monoisotopic (exact) mass is 238 g/mol. The van der Waals surface area contributed by atoms with Crippen molar-refractivity contribution in [1.29, 1.82) is 0 Å². The molecule has 0 saturated carbocycles. The number of aromatic nitrogens is 2. The predicted molar refractivity (Wildman–Crippen MR) is 55.2 cm³/mol. The number of carbonyl (C=O) groups is 1. The molecular weight excluding hydrogens is 230 g/mol. The molecule has 4 nitrogen and oxygen atoms in total. The second-order valence-corrected chi connectivity index (χ2v) is 3.48. The molecule has 1 aromatic carbocycles. The van der Waals surface area contributed by atoms with Gasteiger partial charge in [0.15, 0.2) is 17.3 Å². The van der Waals surface area contributed by atoms with Gasteiger partial charge in [0.2, 0.25) is 0 Å². The van der Waals surface area contributed by atoms with Gasteiger partial charge in [0.25, 0.3) is 0 Å². The zero-order valence-electron chi connectivity index (χ0n) is 8.82. The van der Waals surface area contributed by atoms with Gasteiger partial charge in [-0.2, -0.15) is 5.10 Å². The third kappa shape index (κ3) is 1.89. The highest BCUT2D eigenvalue weighted by molar-refractivity contribution is 5.86. The fraction of sp³-hybridized carbons (Fsp3) is 0.0909. The molecule has 1 heterocycles. The molecule has 0 spiro atoms. The van der Waals surface area contributed by atoms with Crippen molar-refractivity contribution < 1.29 is 18.7 Å². The smallest absolute Gasteiger partial charge is 0.356 e.